The Balaban J connectivity index is 2.04. The minimum atomic E-state index is -4.54. The number of phenolic OH excluding ortho intramolecular Hbond substituents is 1. The van der Waals surface area contributed by atoms with Gasteiger partial charge >= 0.3 is 12.1 Å². The summed E-state index contributed by atoms with van der Waals surface area (Å²) in [6, 6.07) is 9.69. The minimum Gasteiger partial charge on any atom is -0.507 e. The maximum absolute atomic E-state index is 12.7. The highest BCUT2D eigenvalue weighted by molar-refractivity contribution is 5.98. The Labute approximate surface area is 141 Å². The largest absolute Gasteiger partial charge is 0.507 e. The first-order chi connectivity index (χ1) is 11.7. The first-order valence-electron chi connectivity index (χ1n) is 7.15. The van der Waals surface area contributed by atoms with E-state index in [0.29, 0.717) is 0 Å². The number of benzene rings is 2. The Morgan fingerprint density at radius 1 is 1.12 bits per heavy atom. The predicted octanol–water partition coefficient (Wildman–Crippen LogP) is 3.60. The number of rotatable bonds is 4. The fourth-order valence-electron chi connectivity index (χ4n) is 1.94. The van der Waals surface area contributed by atoms with E-state index in [1.54, 1.807) is 0 Å². The second-order valence-corrected chi connectivity index (χ2v) is 5.13. The van der Waals surface area contributed by atoms with Gasteiger partial charge in [-0.05, 0) is 37.3 Å². The number of amides is 1. The molecule has 132 valence electrons. The Bertz CT molecular complexity index is 789. The highest BCUT2D eigenvalue weighted by Crippen LogP contribution is 2.30. The van der Waals surface area contributed by atoms with Crippen molar-refractivity contribution >= 4 is 17.6 Å². The molecule has 1 unspecified atom stereocenters. The van der Waals surface area contributed by atoms with E-state index < -0.39 is 29.7 Å². The lowest BCUT2D eigenvalue weighted by Gasteiger charge is -2.15. The number of esters is 1. The normalized spacial score (nSPS) is 12.3. The van der Waals surface area contributed by atoms with Gasteiger partial charge in [0.15, 0.2) is 6.10 Å². The van der Waals surface area contributed by atoms with Crippen molar-refractivity contribution in [2.24, 2.45) is 0 Å². The average Bonchev–Trinajstić information content (AvgIpc) is 2.54. The third kappa shape index (κ3) is 4.72. The molecule has 0 aliphatic rings. The summed E-state index contributed by atoms with van der Waals surface area (Å²) in [6.45, 7) is 1.26. The summed E-state index contributed by atoms with van der Waals surface area (Å²) < 4.78 is 42.9. The molecular weight excluding hydrogens is 339 g/mol. The van der Waals surface area contributed by atoms with E-state index >= 15 is 0 Å². The number of carbonyl (C=O) groups excluding carboxylic acids is 2. The van der Waals surface area contributed by atoms with E-state index in [1.807, 2.05) is 0 Å². The molecule has 0 saturated heterocycles. The molecule has 2 N–H and O–H groups in total. The van der Waals surface area contributed by atoms with E-state index in [9.17, 15) is 27.9 Å². The van der Waals surface area contributed by atoms with Gasteiger partial charge in [-0.1, -0.05) is 18.2 Å². The molecule has 2 rings (SSSR count). The number of aromatic hydroxyl groups is 1. The third-order valence-corrected chi connectivity index (χ3v) is 3.23. The first-order valence-corrected chi connectivity index (χ1v) is 7.15. The Morgan fingerprint density at radius 2 is 1.80 bits per heavy atom. The van der Waals surface area contributed by atoms with Crippen LogP contribution >= 0.6 is 0 Å². The molecule has 2 aromatic rings. The molecule has 1 atom stereocenters. The molecule has 0 spiro atoms. The molecule has 0 fully saturated rings. The predicted molar refractivity (Wildman–Crippen MR) is 83.1 cm³/mol. The summed E-state index contributed by atoms with van der Waals surface area (Å²) >= 11 is 0. The van der Waals surface area contributed by atoms with Gasteiger partial charge in [0.1, 0.15) is 11.3 Å². The number of carbonyl (C=O) groups is 2. The van der Waals surface area contributed by atoms with Gasteiger partial charge in [0, 0.05) is 5.69 Å². The van der Waals surface area contributed by atoms with Crippen LogP contribution < -0.4 is 5.32 Å². The molecule has 5 nitrogen and oxygen atoms in total. The van der Waals surface area contributed by atoms with Gasteiger partial charge in [-0.3, -0.25) is 4.79 Å². The van der Waals surface area contributed by atoms with Gasteiger partial charge in [-0.2, -0.15) is 13.2 Å². The minimum absolute atomic E-state index is 0.0784. The monoisotopic (exact) mass is 353 g/mol. The zero-order chi connectivity index (χ0) is 18.6. The van der Waals surface area contributed by atoms with Crippen molar-refractivity contribution in [3.63, 3.8) is 0 Å². The van der Waals surface area contributed by atoms with Gasteiger partial charge < -0.3 is 15.2 Å². The molecule has 25 heavy (non-hydrogen) atoms. The lowest BCUT2D eigenvalue weighted by Crippen LogP contribution is -2.30. The molecule has 0 radical (unpaired) electrons. The van der Waals surface area contributed by atoms with Gasteiger partial charge in [-0.15, -0.1) is 0 Å². The van der Waals surface area contributed by atoms with Crippen molar-refractivity contribution in [3.05, 3.63) is 59.7 Å². The van der Waals surface area contributed by atoms with Gasteiger partial charge in [-0.25, -0.2) is 4.79 Å². The van der Waals surface area contributed by atoms with Crippen molar-refractivity contribution in [1.29, 1.82) is 0 Å². The number of nitrogens with one attached hydrogen (secondary N) is 1. The Morgan fingerprint density at radius 3 is 2.44 bits per heavy atom. The highest BCUT2D eigenvalue weighted by Gasteiger charge is 2.30. The SMILES string of the molecule is CC(OC(=O)c1ccccc1O)C(=O)Nc1cccc(C(F)(F)F)c1. The van der Waals surface area contributed by atoms with E-state index in [1.165, 1.54) is 37.3 Å². The molecule has 2 aromatic carbocycles. The Kier molecular flexibility index (Phi) is 5.31. The molecule has 0 aliphatic heterocycles. The average molecular weight is 353 g/mol. The number of phenols is 1. The maximum atomic E-state index is 12.7. The zero-order valence-corrected chi connectivity index (χ0v) is 13.0. The number of ether oxygens (including phenoxy) is 1. The summed E-state index contributed by atoms with van der Waals surface area (Å²) in [4.78, 5) is 23.9. The second-order valence-electron chi connectivity index (χ2n) is 5.13. The zero-order valence-electron chi connectivity index (χ0n) is 13.0. The first kappa shape index (κ1) is 18.3. The number of hydrogen-bond acceptors (Lipinski definition) is 4. The van der Waals surface area contributed by atoms with Crippen LogP contribution in [-0.2, 0) is 15.7 Å². The molecule has 1 amide bonds. The number of para-hydroxylation sites is 1. The molecule has 0 aliphatic carbocycles. The number of halogens is 3. The summed E-state index contributed by atoms with van der Waals surface area (Å²) in [5.41, 5.74) is -1.12. The summed E-state index contributed by atoms with van der Waals surface area (Å²) in [6.07, 6.45) is -5.81. The standard InChI is InChI=1S/C17H14F3NO4/c1-10(25-16(24)13-7-2-3-8-14(13)22)15(23)21-12-6-4-5-11(9-12)17(18,19)20/h2-10,22H,1H3,(H,21,23). The smallest absolute Gasteiger partial charge is 0.416 e. The Hall–Kier alpha value is -3.03. The van der Waals surface area contributed by atoms with Crippen LogP contribution in [0, 0.1) is 0 Å². The molecular formula is C17H14F3NO4. The second kappa shape index (κ2) is 7.25. The molecule has 0 saturated carbocycles. The van der Waals surface area contributed by atoms with Crippen LogP contribution in [0.1, 0.15) is 22.8 Å². The molecule has 0 aromatic heterocycles. The fraction of sp³-hybridized carbons (Fsp3) is 0.176. The van der Waals surface area contributed by atoms with Crippen LogP contribution in [0.4, 0.5) is 18.9 Å². The van der Waals surface area contributed by atoms with E-state index in [0.717, 1.165) is 18.2 Å². The number of anilines is 1. The van der Waals surface area contributed by atoms with Crippen LogP contribution in [0.15, 0.2) is 48.5 Å². The van der Waals surface area contributed by atoms with Crippen molar-refractivity contribution in [1.82, 2.24) is 0 Å². The summed E-state index contributed by atoms with van der Waals surface area (Å²) in [5, 5.41) is 11.8. The van der Waals surface area contributed by atoms with Gasteiger partial charge in [0.25, 0.3) is 5.91 Å². The lowest BCUT2D eigenvalue weighted by molar-refractivity contribution is -0.137. The topological polar surface area (TPSA) is 75.6 Å². The van der Waals surface area contributed by atoms with Crippen molar-refractivity contribution in [2.75, 3.05) is 5.32 Å². The molecule has 8 heteroatoms. The number of hydrogen-bond donors (Lipinski definition) is 2. The molecule has 0 heterocycles. The maximum Gasteiger partial charge on any atom is 0.416 e. The lowest BCUT2D eigenvalue weighted by atomic mass is 10.2. The van der Waals surface area contributed by atoms with Crippen LogP contribution in [0.3, 0.4) is 0 Å². The van der Waals surface area contributed by atoms with Crippen molar-refractivity contribution < 1.29 is 32.6 Å². The number of alkyl halides is 3. The van der Waals surface area contributed by atoms with E-state index in [2.05, 4.69) is 5.32 Å². The summed E-state index contributed by atoms with van der Waals surface area (Å²) in [5.74, 6) is -2.04. The van der Waals surface area contributed by atoms with Crippen LogP contribution in [0.25, 0.3) is 0 Å². The molecule has 0 bridgehead atoms. The summed E-state index contributed by atoms with van der Waals surface area (Å²) in [7, 11) is 0. The van der Waals surface area contributed by atoms with E-state index in [-0.39, 0.29) is 17.0 Å². The fourth-order valence-corrected chi connectivity index (χ4v) is 1.94. The van der Waals surface area contributed by atoms with Crippen LogP contribution in [-0.4, -0.2) is 23.1 Å². The van der Waals surface area contributed by atoms with Gasteiger partial charge in [0.05, 0.1) is 5.56 Å². The van der Waals surface area contributed by atoms with Gasteiger partial charge in [0.2, 0.25) is 0 Å². The van der Waals surface area contributed by atoms with Crippen LogP contribution in [0.2, 0.25) is 0 Å². The van der Waals surface area contributed by atoms with E-state index in [4.69, 9.17) is 4.74 Å². The van der Waals surface area contributed by atoms with Crippen LogP contribution in [0.5, 0.6) is 5.75 Å². The quantitative estimate of drug-likeness (QED) is 0.824. The highest BCUT2D eigenvalue weighted by atomic mass is 19.4. The van der Waals surface area contributed by atoms with Crippen molar-refractivity contribution in [3.8, 4) is 5.75 Å². The van der Waals surface area contributed by atoms with Crippen molar-refractivity contribution in [2.45, 2.75) is 19.2 Å². The third-order valence-electron chi connectivity index (χ3n) is 3.23.